The molecule has 1 aromatic carbocycles. The maximum absolute atomic E-state index is 5.70. The number of benzene rings is 1. The SMILES string of the molecule is COc1cccc(CC(NN)C2=CCCCC2)c1. The van der Waals surface area contributed by atoms with Crippen molar-refractivity contribution in [2.75, 3.05) is 7.11 Å². The Bertz CT molecular complexity index is 415. The van der Waals surface area contributed by atoms with Crippen molar-refractivity contribution in [3.05, 3.63) is 41.5 Å². The van der Waals surface area contributed by atoms with Gasteiger partial charge >= 0.3 is 0 Å². The molecule has 0 aliphatic heterocycles. The van der Waals surface area contributed by atoms with Gasteiger partial charge in [0.15, 0.2) is 0 Å². The summed E-state index contributed by atoms with van der Waals surface area (Å²) < 4.78 is 5.25. The monoisotopic (exact) mass is 246 g/mol. The summed E-state index contributed by atoms with van der Waals surface area (Å²) in [4.78, 5) is 0. The molecule has 1 aliphatic rings. The molecule has 1 aromatic rings. The molecule has 0 spiro atoms. The van der Waals surface area contributed by atoms with Gasteiger partial charge in [-0.15, -0.1) is 0 Å². The molecule has 0 fully saturated rings. The smallest absolute Gasteiger partial charge is 0.119 e. The molecule has 98 valence electrons. The third kappa shape index (κ3) is 3.34. The highest BCUT2D eigenvalue weighted by Crippen LogP contribution is 2.23. The van der Waals surface area contributed by atoms with E-state index in [1.165, 1.54) is 36.8 Å². The van der Waals surface area contributed by atoms with Crippen LogP contribution in [0.3, 0.4) is 0 Å². The molecule has 3 heteroatoms. The highest BCUT2D eigenvalue weighted by atomic mass is 16.5. The van der Waals surface area contributed by atoms with Gasteiger partial charge in [0, 0.05) is 6.04 Å². The number of methoxy groups -OCH3 is 1. The van der Waals surface area contributed by atoms with E-state index >= 15 is 0 Å². The first-order valence-electron chi connectivity index (χ1n) is 6.61. The van der Waals surface area contributed by atoms with Crippen LogP contribution in [0, 0.1) is 0 Å². The summed E-state index contributed by atoms with van der Waals surface area (Å²) in [5.74, 6) is 6.60. The molecule has 1 unspecified atom stereocenters. The fourth-order valence-corrected chi connectivity index (χ4v) is 2.51. The van der Waals surface area contributed by atoms with Gasteiger partial charge in [-0.2, -0.15) is 0 Å². The Morgan fingerprint density at radius 3 is 2.94 bits per heavy atom. The Morgan fingerprint density at radius 1 is 1.39 bits per heavy atom. The van der Waals surface area contributed by atoms with Crippen molar-refractivity contribution in [2.24, 2.45) is 5.84 Å². The van der Waals surface area contributed by atoms with Gasteiger partial charge in [0.2, 0.25) is 0 Å². The average Bonchev–Trinajstić information content (AvgIpc) is 2.46. The molecule has 0 aromatic heterocycles. The summed E-state index contributed by atoms with van der Waals surface area (Å²) in [6, 6.07) is 8.44. The zero-order chi connectivity index (χ0) is 12.8. The molecular weight excluding hydrogens is 224 g/mol. The Morgan fingerprint density at radius 2 is 2.28 bits per heavy atom. The van der Waals surface area contributed by atoms with E-state index in [0.717, 1.165) is 12.2 Å². The highest BCUT2D eigenvalue weighted by molar-refractivity contribution is 5.30. The standard InChI is InChI=1S/C15H22N2O/c1-18-14-9-5-6-12(10-14)11-15(17-16)13-7-3-2-4-8-13/h5-7,9-10,15,17H,2-4,8,11,16H2,1H3. The van der Waals surface area contributed by atoms with Gasteiger partial charge in [0.25, 0.3) is 0 Å². The molecule has 0 radical (unpaired) electrons. The number of allylic oxidation sites excluding steroid dienone is 1. The molecule has 1 atom stereocenters. The van der Waals surface area contributed by atoms with Crippen LogP contribution in [0.15, 0.2) is 35.9 Å². The second-order valence-corrected chi connectivity index (χ2v) is 4.80. The van der Waals surface area contributed by atoms with Crippen LogP contribution < -0.4 is 16.0 Å². The topological polar surface area (TPSA) is 47.3 Å². The first-order chi connectivity index (χ1) is 8.83. The van der Waals surface area contributed by atoms with Crippen LogP contribution in [-0.2, 0) is 6.42 Å². The zero-order valence-electron chi connectivity index (χ0n) is 11.0. The van der Waals surface area contributed by atoms with Crippen LogP contribution >= 0.6 is 0 Å². The fraction of sp³-hybridized carbons (Fsp3) is 0.467. The van der Waals surface area contributed by atoms with Crippen LogP contribution in [0.25, 0.3) is 0 Å². The van der Waals surface area contributed by atoms with Crippen molar-refractivity contribution in [3.63, 3.8) is 0 Å². The lowest BCUT2D eigenvalue weighted by atomic mass is 9.90. The van der Waals surface area contributed by atoms with E-state index in [9.17, 15) is 0 Å². The minimum Gasteiger partial charge on any atom is -0.497 e. The summed E-state index contributed by atoms with van der Waals surface area (Å²) in [6.07, 6.45) is 8.19. The number of rotatable bonds is 5. The molecule has 0 heterocycles. The molecule has 0 saturated heterocycles. The highest BCUT2D eigenvalue weighted by Gasteiger charge is 2.15. The lowest BCUT2D eigenvalue weighted by Gasteiger charge is -2.22. The van der Waals surface area contributed by atoms with Gasteiger partial charge in [0.1, 0.15) is 5.75 Å². The number of nitrogens with one attached hydrogen (secondary N) is 1. The third-order valence-corrected chi connectivity index (χ3v) is 3.55. The number of hydrogen-bond acceptors (Lipinski definition) is 3. The average molecular weight is 246 g/mol. The van der Waals surface area contributed by atoms with Crippen LogP contribution in [-0.4, -0.2) is 13.2 Å². The Hall–Kier alpha value is -1.32. The van der Waals surface area contributed by atoms with Gasteiger partial charge in [-0.25, -0.2) is 0 Å². The van der Waals surface area contributed by atoms with E-state index < -0.39 is 0 Å². The van der Waals surface area contributed by atoms with Crippen LogP contribution in [0.1, 0.15) is 31.2 Å². The summed E-state index contributed by atoms with van der Waals surface area (Å²) in [6.45, 7) is 0. The molecule has 18 heavy (non-hydrogen) atoms. The van der Waals surface area contributed by atoms with Crippen molar-refractivity contribution in [3.8, 4) is 5.75 Å². The number of hydrazine groups is 1. The molecule has 0 saturated carbocycles. The number of ether oxygens (including phenoxy) is 1. The molecule has 0 amide bonds. The van der Waals surface area contributed by atoms with Crippen LogP contribution in [0.4, 0.5) is 0 Å². The summed E-state index contributed by atoms with van der Waals surface area (Å²) in [7, 11) is 1.70. The number of hydrogen-bond donors (Lipinski definition) is 2. The lowest BCUT2D eigenvalue weighted by Crippen LogP contribution is -2.38. The first kappa shape index (κ1) is 13.1. The van der Waals surface area contributed by atoms with Crippen molar-refractivity contribution in [2.45, 2.75) is 38.1 Å². The van der Waals surface area contributed by atoms with Gasteiger partial charge < -0.3 is 4.74 Å². The summed E-state index contributed by atoms with van der Waals surface area (Å²) in [5.41, 5.74) is 5.65. The quantitative estimate of drug-likeness (QED) is 0.477. The third-order valence-electron chi connectivity index (χ3n) is 3.55. The predicted molar refractivity (Wildman–Crippen MR) is 74.4 cm³/mol. The Balaban J connectivity index is 2.07. The van der Waals surface area contributed by atoms with Crippen molar-refractivity contribution in [1.29, 1.82) is 0 Å². The van der Waals surface area contributed by atoms with Crippen LogP contribution in [0.5, 0.6) is 5.75 Å². The van der Waals surface area contributed by atoms with E-state index in [1.807, 2.05) is 12.1 Å². The second-order valence-electron chi connectivity index (χ2n) is 4.80. The fourth-order valence-electron chi connectivity index (χ4n) is 2.51. The molecule has 1 aliphatic carbocycles. The second kappa shape index (κ2) is 6.57. The van der Waals surface area contributed by atoms with E-state index in [2.05, 4.69) is 23.6 Å². The molecular formula is C15H22N2O. The molecule has 3 N–H and O–H groups in total. The van der Waals surface area contributed by atoms with Gasteiger partial charge in [-0.3, -0.25) is 11.3 Å². The van der Waals surface area contributed by atoms with E-state index in [-0.39, 0.29) is 6.04 Å². The first-order valence-corrected chi connectivity index (χ1v) is 6.61. The summed E-state index contributed by atoms with van der Waals surface area (Å²) in [5, 5.41) is 0. The van der Waals surface area contributed by atoms with Crippen LogP contribution in [0.2, 0.25) is 0 Å². The Labute approximate surface area is 109 Å². The van der Waals surface area contributed by atoms with E-state index in [1.54, 1.807) is 7.11 Å². The van der Waals surface area contributed by atoms with Gasteiger partial charge in [-0.05, 0) is 49.8 Å². The lowest BCUT2D eigenvalue weighted by molar-refractivity contribution is 0.414. The maximum Gasteiger partial charge on any atom is 0.119 e. The normalized spacial score (nSPS) is 17.1. The molecule has 2 rings (SSSR count). The van der Waals surface area contributed by atoms with Gasteiger partial charge in [-0.1, -0.05) is 23.8 Å². The number of nitrogens with two attached hydrogens (primary N) is 1. The van der Waals surface area contributed by atoms with Crippen molar-refractivity contribution in [1.82, 2.24) is 5.43 Å². The summed E-state index contributed by atoms with van der Waals surface area (Å²) >= 11 is 0. The largest absolute Gasteiger partial charge is 0.497 e. The van der Waals surface area contributed by atoms with E-state index in [4.69, 9.17) is 10.6 Å². The minimum atomic E-state index is 0.248. The Kier molecular flexibility index (Phi) is 4.79. The van der Waals surface area contributed by atoms with E-state index in [0.29, 0.717) is 0 Å². The molecule has 3 nitrogen and oxygen atoms in total. The predicted octanol–water partition coefficient (Wildman–Crippen LogP) is 2.57. The van der Waals surface area contributed by atoms with Crippen molar-refractivity contribution >= 4 is 0 Å². The van der Waals surface area contributed by atoms with Crippen molar-refractivity contribution < 1.29 is 4.74 Å². The minimum absolute atomic E-state index is 0.248. The molecule has 0 bridgehead atoms. The van der Waals surface area contributed by atoms with Gasteiger partial charge in [0.05, 0.1) is 7.11 Å². The maximum atomic E-state index is 5.70. The zero-order valence-corrected chi connectivity index (χ0v) is 11.0.